The number of nitrogens with zero attached hydrogens (tertiary/aromatic N) is 4. The Morgan fingerprint density at radius 1 is 1.27 bits per heavy atom. The lowest BCUT2D eigenvalue weighted by atomic mass is 10.0. The summed E-state index contributed by atoms with van der Waals surface area (Å²) in [5.41, 5.74) is 6.34. The topological polar surface area (TPSA) is 78.8 Å². The van der Waals surface area contributed by atoms with Gasteiger partial charge in [-0.1, -0.05) is 12.1 Å². The van der Waals surface area contributed by atoms with Crippen LogP contribution in [-0.2, 0) is 20.0 Å². The molecule has 0 unspecified atom stereocenters. The van der Waals surface area contributed by atoms with Gasteiger partial charge in [-0.25, -0.2) is 0 Å². The van der Waals surface area contributed by atoms with Crippen molar-refractivity contribution in [1.82, 2.24) is 24.9 Å². The lowest BCUT2D eigenvalue weighted by molar-refractivity contribution is 0.102. The zero-order valence-corrected chi connectivity index (χ0v) is 15.2. The molecule has 0 aliphatic carbocycles. The van der Waals surface area contributed by atoms with Gasteiger partial charge in [0.25, 0.3) is 5.91 Å². The molecule has 1 amide bonds. The number of H-pyrrole nitrogens is 1. The van der Waals surface area contributed by atoms with Crippen LogP contribution in [0.25, 0.3) is 11.3 Å². The van der Waals surface area contributed by atoms with E-state index >= 15 is 0 Å². The molecule has 0 saturated carbocycles. The molecule has 2 aromatic heterocycles. The highest BCUT2D eigenvalue weighted by molar-refractivity contribution is 6.04. The van der Waals surface area contributed by atoms with Crippen molar-refractivity contribution in [3.8, 4) is 11.3 Å². The van der Waals surface area contributed by atoms with E-state index in [1.54, 1.807) is 6.20 Å². The first-order chi connectivity index (χ1) is 12.5. The Bertz CT molecular complexity index is 970. The van der Waals surface area contributed by atoms with Crippen molar-refractivity contribution in [2.45, 2.75) is 19.9 Å². The SMILES string of the molecule is Cc1ccc(-c2ccnn2C)cc1NC(=O)c1n[nH]c2c1CN(C)CC2. The molecule has 26 heavy (non-hydrogen) atoms. The van der Waals surface area contributed by atoms with Crippen molar-refractivity contribution < 1.29 is 4.79 Å². The van der Waals surface area contributed by atoms with E-state index < -0.39 is 0 Å². The summed E-state index contributed by atoms with van der Waals surface area (Å²) in [5.74, 6) is -0.178. The largest absolute Gasteiger partial charge is 0.320 e. The van der Waals surface area contributed by atoms with Gasteiger partial charge in [0.2, 0.25) is 0 Å². The van der Waals surface area contributed by atoms with Gasteiger partial charge in [-0.05, 0) is 31.7 Å². The molecule has 4 rings (SSSR count). The number of carbonyl (C=O) groups excluding carboxylic acids is 1. The molecule has 3 aromatic rings. The number of aromatic amines is 1. The number of benzene rings is 1. The third-order valence-electron chi connectivity index (χ3n) is 4.94. The molecule has 7 heteroatoms. The number of amides is 1. The average Bonchev–Trinajstić information content (AvgIpc) is 3.22. The fourth-order valence-corrected chi connectivity index (χ4v) is 3.37. The quantitative estimate of drug-likeness (QED) is 0.760. The van der Waals surface area contributed by atoms with Crippen LogP contribution >= 0.6 is 0 Å². The Balaban J connectivity index is 1.63. The van der Waals surface area contributed by atoms with Gasteiger partial charge >= 0.3 is 0 Å². The zero-order chi connectivity index (χ0) is 18.3. The van der Waals surface area contributed by atoms with Gasteiger partial charge in [0.1, 0.15) is 0 Å². The van der Waals surface area contributed by atoms with Crippen molar-refractivity contribution in [3.63, 3.8) is 0 Å². The maximum Gasteiger partial charge on any atom is 0.276 e. The standard InChI is InChI=1S/C19H22N6O/c1-12-4-5-13(17-6-8-20-25(17)3)10-16(12)21-19(26)18-14-11-24(2)9-7-15(14)22-23-18/h4-6,8,10H,7,9,11H2,1-3H3,(H,21,26)(H,22,23). The van der Waals surface area contributed by atoms with Crippen LogP contribution in [0.1, 0.15) is 27.3 Å². The maximum atomic E-state index is 12.8. The van der Waals surface area contributed by atoms with E-state index in [2.05, 4.69) is 32.6 Å². The highest BCUT2D eigenvalue weighted by Crippen LogP contribution is 2.26. The second-order valence-corrected chi connectivity index (χ2v) is 6.84. The number of fused-ring (bicyclic) bond motifs is 1. The minimum atomic E-state index is -0.178. The fourth-order valence-electron chi connectivity index (χ4n) is 3.37. The van der Waals surface area contributed by atoms with Gasteiger partial charge in [0.15, 0.2) is 5.69 Å². The summed E-state index contributed by atoms with van der Waals surface area (Å²) in [7, 11) is 3.96. The third-order valence-corrected chi connectivity index (χ3v) is 4.94. The van der Waals surface area contributed by atoms with Crippen molar-refractivity contribution in [2.24, 2.45) is 7.05 Å². The minimum Gasteiger partial charge on any atom is -0.320 e. The molecule has 134 valence electrons. The predicted octanol–water partition coefficient (Wildman–Crippen LogP) is 2.36. The molecule has 1 aliphatic rings. The molecule has 1 aromatic carbocycles. The average molecular weight is 350 g/mol. The molecule has 0 radical (unpaired) electrons. The van der Waals surface area contributed by atoms with Crippen LogP contribution in [0.5, 0.6) is 0 Å². The number of hydrogen-bond acceptors (Lipinski definition) is 4. The van der Waals surface area contributed by atoms with Crippen molar-refractivity contribution >= 4 is 11.6 Å². The van der Waals surface area contributed by atoms with Gasteiger partial charge in [-0.15, -0.1) is 0 Å². The first-order valence-corrected chi connectivity index (χ1v) is 8.68. The van der Waals surface area contributed by atoms with Crippen LogP contribution in [0.2, 0.25) is 0 Å². The Labute approximate surface area is 152 Å². The second-order valence-electron chi connectivity index (χ2n) is 6.84. The van der Waals surface area contributed by atoms with Crippen LogP contribution in [0.4, 0.5) is 5.69 Å². The summed E-state index contributed by atoms with van der Waals surface area (Å²) in [5, 5.41) is 14.5. The van der Waals surface area contributed by atoms with Crippen molar-refractivity contribution in [1.29, 1.82) is 0 Å². The van der Waals surface area contributed by atoms with Crippen molar-refractivity contribution in [2.75, 3.05) is 18.9 Å². The number of aromatic nitrogens is 4. The van der Waals surface area contributed by atoms with Gasteiger partial charge < -0.3 is 10.2 Å². The van der Waals surface area contributed by atoms with Gasteiger partial charge in [0.05, 0.1) is 5.69 Å². The molecule has 0 atom stereocenters. The smallest absolute Gasteiger partial charge is 0.276 e. The van der Waals surface area contributed by atoms with Crippen LogP contribution < -0.4 is 5.32 Å². The van der Waals surface area contributed by atoms with Gasteiger partial charge in [-0.2, -0.15) is 10.2 Å². The molecule has 2 N–H and O–H groups in total. The van der Waals surface area contributed by atoms with E-state index in [9.17, 15) is 4.79 Å². The van der Waals surface area contributed by atoms with E-state index in [4.69, 9.17) is 0 Å². The van der Waals surface area contributed by atoms with Crippen LogP contribution in [0.15, 0.2) is 30.5 Å². The monoisotopic (exact) mass is 350 g/mol. The number of nitrogens with one attached hydrogen (secondary N) is 2. The van der Waals surface area contributed by atoms with Gasteiger partial charge in [-0.3, -0.25) is 14.6 Å². The number of likely N-dealkylation sites (N-methyl/N-ethyl adjacent to an activating group) is 1. The minimum absolute atomic E-state index is 0.178. The number of aryl methyl sites for hydroxylation is 2. The molecule has 0 saturated heterocycles. The van der Waals surface area contributed by atoms with Crippen LogP contribution in [0, 0.1) is 6.92 Å². The number of hydrogen-bond donors (Lipinski definition) is 2. The Morgan fingerprint density at radius 2 is 2.12 bits per heavy atom. The summed E-state index contributed by atoms with van der Waals surface area (Å²) in [6.07, 6.45) is 2.65. The predicted molar refractivity (Wildman–Crippen MR) is 100.0 cm³/mol. The molecular formula is C19H22N6O. The number of carbonyl (C=O) groups is 1. The summed E-state index contributed by atoms with van der Waals surface area (Å²) >= 11 is 0. The van der Waals surface area contributed by atoms with E-state index in [0.29, 0.717) is 5.69 Å². The molecule has 7 nitrogen and oxygen atoms in total. The third kappa shape index (κ3) is 2.90. The highest BCUT2D eigenvalue weighted by atomic mass is 16.2. The Kier molecular flexibility index (Phi) is 4.08. The molecule has 1 aliphatic heterocycles. The van der Waals surface area contributed by atoms with Crippen LogP contribution in [-0.4, -0.2) is 44.4 Å². The van der Waals surface area contributed by atoms with Gasteiger partial charge in [0, 0.05) is 55.3 Å². The number of rotatable bonds is 3. The normalized spacial score (nSPS) is 14.3. The molecular weight excluding hydrogens is 328 g/mol. The second kappa shape index (κ2) is 6.42. The highest BCUT2D eigenvalue weighted by Gasteiger charge is 2.24. The number of anilines is 1. The summed E-state index contributed by atoms with van der Waals surface area (Å²) in [6, 6.07) is 7.98. The molecule has 3 heterocycles. The molecule has 0 fully saturated rings. The van der Waals surface area contributed by atoms with Crippen molar-refractivity contribution in [3.05, 3.63) is 53.0 Å². The van der Waals surface area contributed by atoms with E-state index in [1.807, 2.05) is 42.9 Å². The first-order valence-electron chi connectivity index (χ1n) is 8.68. The summed E-state index contributed by atoms with van der Waals surface area (Å²) < 4.78 is 1.82. The van der Waals surface area contributed by atoms with E-state index in [1.165, 1.54) is 0 Å². The summed E-state index contributed by atoms with van der Waals surface area (Å²) in [6.45, 7) is 3.70. The Hall–Kier alpha value is -2.93. The lowest BCUT2D eigenvalue weighted by Crippen LogP contribution is -2.27. The van der Waals surface area contributed by atoms with Crippen LogP contribution in [0.3, 0.4) is 0 Å². The zero-order valence-electron chi connectivity index (χ0n) is 15.2. The first kappa shape index (κ1) is 16.5. The molecule has 0 spiro atoms. The fraction of sp³-hybridized carbons (Fsp3) is 0.316. The lowest BCUT2D eigenvalue weighted by Gasteiger charge is -2.22. The van der Waals surface area contributed by atoms with E-state index in [0.717, 1.165) is 53.3 Å². The maximum absolute atomic E-state index is 12.8. The Morgan fingerprint density at radius 3 is 2.88 bits per heavy atom. The summed E-state index contributed by atoms with van der Waals surface area (Å²) in [4.78, 5) is 15.0. The van der Waals surface area contributed by atoms with E-state index in [-0.39, 0.29) is 5.91 Å². The molecule has 0 bridgehead atoms.